The van der Waals surface area contributed by atoms with Gasteiger partial charge in [0.25, 0.3) is 0 Å². The first-order valence-corrected chi connectivity index (χ1v) is 14.3. The second kappa shape index (κ2) is 11.6. The Morgan fingerprint density at radius 1 is 1.12 bits per heavy atom. The molecule has 0 atom stereocenters. The number of aliphatic carboxylic acids is 1. The Morgan fingerprint density at radius 2 is 1.79 bits per heavy atom. The Morgan fingerprint density at radius 3 is 2.33 bits per heavy atom. The number of hydrogen-bond donors (Lipinski definition) is 4. The van der Waals surface area contributed by atoms with Crippen molar-refractivity contribution in [3.05, 3.63) is 54.0 Å². The average Bonchev–Trinajstić information content (AvgIpc) is 2.94. The molecule has 1 aromatic carbocycles. The predicted octanol–water partition coefficient (Wildman–Crippen LogP) is 3.39. The van der Waals surface area contributed by atoms with E-state index in [1.165, 1.54) is 0 Å². The quantitative estimate of drug-likeness (QED) is 0.324. The number of aliphatic hydroxyl groups is 1. The van der Waals surface area contributed by atoms with Gasteiger partial charge in [-0.05, 0) is 69.4 Å². The number of carboxylic acids is 1. The fourth-order valence-corrected chi connectivity index (χ4v) is 6.39. The first-order valence-electron chi connectivity index (χ1n) is 12.8. The van der Waals surface area contributed by atoms with Crippen molar-refractivity contribution in [2.45, 2.75) is 61.7 Å². The summed E-state index contributed by atoms with van der Waals surface area (Å²) in [6.07, 6.45) is 0.676. The number of rotatable bonds is 6. The number of nitrogen functional groups attached to an aromatic ring is 1. The zero-order valence-corrected chi connectivity index (χ0v) is 23.6. The van der Waals surface area contributed by atoms with Gasteiger partial charge in [-0.15, -0.1) is 0 Å². The number of sulfonamides is 1. The third-order valence-electron chi connectivity index (χ3n) is 7.42. The van der Waals surface area contributed by atoms with Crippen LogP contribution in [-0.2, 0) is 19.6 Å². The minimum Gasteiger partial charge on any atom is -0.475 e. The van der Waals surface area contributed by atoms with Gasteiger partial charge in [-0.25, -0.2) is 27.9 Å². The SMILES string of the molecule is Cc1cc(-c2nc(-c3cc(S(=O)(=O)NC45CCC(CO)(CC4)OC5)ccc3C)cnc2N)ccn1.O=C(O)C(F)(F)F. The van der Waals surface area contributed by atoms with E-state index < -0.39 is 33.3 Å². The number of benzene rings is 1. The van der Waals surface area contributed by atoms with Crippen LogP contribution in [0.1, 0.15) is 36.9 Å². The number of aromatic nitrogens is 3. The number of nitrogens with one attached hydrogen (secondary N) is 1. The number of halogens is 3. The van der Waals surface area contributed by atoms with E-state index in [2.05, 4.69) is 14.7 Å². The Bertz CT molecular complexity index is 1570. The molecule has 4 heterocycles. The van der Waals surface area contributed by atoms with E-state index in [4.69, 9.17) is 25.4 Å². The van der Waals surface area contributed by atoms with Crippen molar-refractivity contribution in [3.63, 3.8) is 0 Å². The number of hydrogen-bond acceptors (Lipinski definition) is 9. The molecule has 6 rings (SSSR count). The molecule has 2 aliphatic heterocycles. The van der Waals surface area contributed by atoms with Crippen molar-refractivity contribution >= 4 is 21.8 Å². The molecule has 1 aliphatic carbocycles. The molecule has 2 saturated heterocycles. The van der Waals surface area contributed by atoms with Crippen LogP contribution in [0.3, 0.4) is 0 Å². The van der Waals surface area contributed by atoms with Crippen LogP contribution in [0.15, 0.2) is 47.6 Å². The van der Waals surface area contributed by atoms with Gasteiger partial charge in [-0.1, -0.05) is 6.07 Å². The standard InChI is InChI=1S/C25H29N5O4S.C2HF3O2/c1-16-3-4-19(35(32,33)30-24-6-8-25(14-31,9-7-24)34-15-24)12-20(16)21-13-28-23(26)22(29-21)18-5-10-27-17(2)11-18;3-2(4,5)1(6)7/h3-5,10-13,30-31H,6-9,14-15H2,1-2H3,(H2,26,28);(H,6,7). The largest absolute Gasteiger partial charge is 0.490 e. The molecule has 0 radical (unpaired) electrons. The highest BCUT2D eigenvalue weighted by molar-refractivity contribution is 7.89. The minimum absolute atomic E-state index is 0.0408. The van der Waals surface area contributed by atoms with Gasteiger partial charge in [0.05, 0.1) is 41.1 Å². The van der Waals surface area contributed by atoms with E-state index >= 15 is 0 Å². The van der Waals surface area contributed by atoms with Crippen molar-refractivity contribution < 1.29 is 41.3 Å². The molecular weight excluding hydrogens is 579 g/mol. The van der Waals surface area contributed by atoms with Crippen LogP contribution in [-0.4, -0.2) is 70.1 Å². The molecule has 226 valence electrons. The number of aryl methyl sites for hydroxylation is 2. The van der Waals surface area contributed by atoms with Gasteiger partial charge in [0, 0.05) is 23.0 Å². The number of carbonyl (C=O) groups is 1. The maximum atomic E-state index is 13.4. The molecular formula is C27H30F3N5O6S. The van der Waals surface area contributed by atoms with E-state index in [-0.39, 0.29) is 23.9 Å². The van der Waals surface area contributed by atoms with Gasteiger partial charge in [0.2, 0.25) is 10.0 Å². The maximum absolute atomic E-state index is 13.4. The smallest absolute Gasteiger partial charge is 0.475 e. The summed E-state index contributed by atoms with van der Waals surface area (Å²) >= 11 is 0. The lowest BCUT2D eigenvalue weighted by Gasteiger charge is -2.52. The zero-order chi connectivity index (χ0) is 30.9. The number of ether oxygens (including phenoxy) is 1. The second-order valence-corrected chi connectivity index (χ2v) is 12.2. The summed E-state index contributed by atoms with van der Waals surface area (Å²) in [6, 6.07) is 8.69. The zero-order valence-electron chi connectivity index (χ0n) is 22.8. The van der Waals surface area contributed by atoms with Gasteiger partial charge in [-0.3, -0.25) is 4.98 Å². The maximum Gasteiger partial charge on any atom is 0.490 e. The third-order valence-corrected chi connectivity index (χ3v) is 9.00. The van der Waals surface area contributed by atoms with Gasteiger partial charge < -0.3 is 20.7 Å². The monoisotopic (exact) mass is 609 g/mol. The molecule has 2 aromatic heterocycles. The van der Waals surface area contributed by atoms with E-state index in [1.807, 2.05) is 26.0 Å². The van der Waals surface area contributed by atoms with E-state index in [0.29, 0.717) is 42.6 Å². The van der Waals surface area contributed by atoms with Crippen molar-refractivity contribution in [1.29, 1.82) is 0 Å². The highest BCUT2D eigenvalue weighted by Gasteiger charge is 2.51. The molecule has 11 nitrogen and oxygen atoms in total. The topological polar surface area (TPSA) is 178 Å². The highest BCUT2D eigenvalue weighted by atomic mass is 32.2. The number of nitrogens with two attached hydrogens (primary N) is 1. The van der Waals surface area contributed by atoms with E-state index in [1.54, 1.807) is 30.6 Å². The van der Waals surface area contributed by atoms with Crippen LogP contribution in [0.2, 0.25) is 0 Å². The molecule has 3 aromatic rings. The van der Waals surface area contributed by atoms with Crippen molar-refractivity contribution in [2.75, 3.05) is 18.9 Å². The number of carboxylic acid groups (broad SMARTS) is 1. The minimum atomic E-state index is -5.08. The van der Waals surface area contributed by atoms with Crippen molar-refractivity contribution in [1.82, 2.24) is 19.7 Å². The van der Waals surface area contributed by atoms with Crippen LogP contribution < -0.4 is 10.5 Å². The predicted molar refractivity (Wildman–Crippen MR) is 146 cm³/mol. The Labute approximate surface area is 240 Å². The summed E-state index contributed by atoms with van der Waals surface area (Å²) in [5, 5.41) is 16.8. The summed E-state index contributed by atoms with van der Waals surface area (Å²) in [6.45, 7) is 4.00. The molecule has 5 N–H and O–H groups in total. The van der Waals surface area contributed by atoms with E-state index in [9.17, 15) is 26.7 Å². The number of pyridine rings is 1. The molecule has 0 spiro atoms. The van der Waals surface area contributed by atoms with Crippen LogP contribution in [0.4, 0.5) is 19.0 Å². The van der Waals surface area contributed by atoms with Gasteiger partial charge in [0.15, 0.2) is 0 Å². The first-order chi connectivity index (χ1) is 19.6. The van der Waals surface area contributed by atoms with Crippen LogP contribution in [0, 0.1) is 13.8 Å². The molecule has 0 amide bonds. The van der Waals surface area contributed by atoms with Crippen molar-refractivity contribution in [3.8, 4) is 22.5 Å². The fraction of sp³-hybridized carbons (Fsp3) is 0.407. The summed E-state index contributed by atoms with van der Waals surface area (Å²) in [4.78, 5) is 22.3. The molecule has 42 heavy (non-hydrogen) atoms. The molecule has 1 saturated carbocycles. The van der Waals surface area contributed by atoms with Gasteiger partial charge >= 0.3 is 12.1 Å². The highest BCUT2D eigenvalue weighted by Crippen LogP contribution is 2.44. The lowest BCUT2D eigenvalue weighted by molar-refractivity contribution is -0.192. The van der Waals surface area contributed by atoms with Crippen LogP contribution in [0.25, 0.3) is 22.5 Å². The molecule has 3 aliphatic rings. The number of anilines is 1. The number of aliphatic hydroxyl groups excluding tert-OH is 1. The number of fused-ring (bicyclic) bond motifs is 3. The Balaban J connectivity index is 0.000000517. The molecule has 0 unspecified atom stereocenters. The van der Waals surface area contributed by atoms with Gasteiger partial charge in [0.1, 0.15) is 11.5 Å². The molecule has 3 fully saturated rings. The first kappa shape index (κ1) is 31.3. The second-order valence-electron chi connectivity index (χ2n) is 10.5. The summed E-state index contributed by atoms with van der Waals surface area (Å²) in [5.41, 5.74) is 9.13. The lowest BCUT2D eigenvalue weighted by Crippen LogP contribution is -2.63. The van der Waals surface area contributed by atoms with Gasteiger partial charge in [-0.2, -0.15) is 13.2 Å². The average molecular weight is 610 g/mol. The number of alkyl halides is 3. The molecule has 15 heteroatoms. The normalized spacial score (nSPS) is 21.9. The summed E-state index contributed by atoms with van der Waals surface area (Å²) < 4.78 is 67.4. The van der Waals surface area contributed by atoms with Crippen molar-refractivity contribution in [2.24, 2.45) is 0 Å². The Kier molecular flexibility index (Phi) is 8.60. The molecule has 2 bridgehead atoms. The van der Waals surface area contributed by atoms with Crippen LogP contribution in [0.5, 0.6) is 0 Å². The summed E-state index contributed by atoms with van der Waals surface area (Å²) in [5.74, 6) is -2.47. The fourth-order valence-electron chi connectivity index (χ4n) is 4.92. The van der Waals surface area contributed by atoms with E-state index in [0.717, 1.165) is 16.8 Å². The van der Waals surface area contributed by atoms with Crippen LogP contribution >= 0.6 is 0 Å². The number of nitrogens with zero attached hydrogens (tertiary/aromatic N) is 3. The Hall–Kier alpha value is -3.66. The third kappa shape index (κ3) is 6.69. The lowest BCUT2D eigenvalue weighted by atomic mass is 9.72. The summed E-state index contributed by atoms with van der Waals surface area (Å²) in [7, 11) is -3.83.